The number of amides is 2. The molecule has 1 saturated carbocycles. The Morgan fingerprint density at radius 2 is 2.15 bits per heavy atom. The van der Waals surface area contributed by atoms with E-state index in [9.17, 15) is 9.90 Å². The first-order chi connectivity index (χ1) is 13.2. The molecule has 1 unspecified atom stereocenters. The van der Waals surface area contributed by atoms with Crippen LogP contribution in [0, 0.1) is 5.92 Å². The lowest BCUT2D eigenvalue weighted by Gasteiger charge is -2.24. The van der Waals surface area contributed by atoms with E-state index in [-0.39, 0.29) is 17.8 Å². The fourth-order valence-corrected chi connectivity index (χ4v) is 3.64. The molecule has 4 rings (SSSR count). The van der Waals surface area contributed by atoms with Crippen molar-refractivity contribution in [1.82, 2.24) is 14.7 Å². The number of carbonyl (C=O) groups is 1. The number of aromatic hydroxyl groups is 1. The zero-order chi connectivity index (χ0) is 18.6. The van der Waals surface area contributed by atoms with Gasteiger partial charge in [0.25, 0.3) is 0 Å². The van der Waals surface area contributed by atoms with Crippen molar-refractivity contribution in [3.8, 4) is 5.75 Å². The van der Waals surface area contributed by atoms with E-state index in [1.165, 1.54) is 0 Å². The quantitative estimate of drug-likeness (QED) is 0.755. The molecule has 0 saturated heterocycles. The van der Waals surface area contributed by atoms with Crippen LogP contribution in [0.25, 0.3) is 0 Å². The minimum Gasteiger partial charge on any atom is -0.508 e. The third-order valence-corrected chi connectivity index (χ3v) is 5.27. The predicted molar refractivity (Wildman–Crippen MR) is 104 cm³/mol. The maximum atomic E-state index is 12.9. The number of rotatable bonds is 6. The van der Waals surface area contributed by atoms with Gasteiger partial charge in [0.2, 0.25) is 0 Å². The third-order valence-electron chi connectivity index (χ3n) is 5.27. The second-order valence-electron chi connectivity index (χ2n) is 7.51. The highest BCUT2D eigenvalue weighted by Gasteiger charge is 2.33. The molecule has 2 aliphatic carbocycles. The maximum Gasteiger partial charge on any atom is 0.323 e. The van der Waals surface area contributed by atoms with Crippen molar-refractivity contribution in [2.24, 2.45) is 5.92 Å². The van der Waals surface area contributed by atoms with Gasteiger partial charge < -0.3 is 10.0 Å². The molecule has 1 heterocycles. The average Bonchev–Trinajstić information content (AvgIpc) is 3.42. The first kappa shape index (κ1) is 17.6. The lowest BCUT2D eigenvalue weighted by atomic mass is 9.94. The van der Waals surface area contributed by atoms with Crippen molar-refractivity contribution in [3.05, 3.63) is 54.2 Å². The number of hydrogen-bond donors (Lipinski definition) is 2. The number of nitrogens with zero attached hydrogens (tertiary/aromatic N) is 3. The standard InChI is InChI=1S/C21H26N4O2/c26-19-8-4-7-17(13-19)14-24(18-9-10-18)21(27)23-20-11-12-22-25(20)15-16-5-2-1-3-6-16/h1-2,4,7-8,11-13,16,18,26H,3,5-6,9-10,14-15H2,(H,23,27). The van der Waals surface area contributed by atoms with Crippen LogP contribution in [-0.4, -0.2) is 31.9 Å². The SMILES string of the molecule is O=C(Nc1ccnn1CC1CC=CCC1)N(Cc1cccc(O)c1)C1CC1. The summed E-state index contributed by atoms with van der Waals surface area (Å²) in [6.45, 7) is 1.31. The maximum absolute atomic E-state index is 12.9. The van der Waals surface area contributed by atoms with Crippen LogP contribution < -0.4 is 5.32 Å². The zero-order valence-corrected chi connectivity index (χ0v) is 15.4. The third kappa shape index (κ3) is 4.51. The van der Waals surface area contributed by atoms with Crippen molar-refractivity contribution in [2.75, 3.05) is 5.32 Å². The van der Waals surface area contributed by atoms with Crippen LogP contribution in [-0.2, 0) is 13.1 Å². The monoisotopic (exact) mass is 366 g/mol. The first-order valence-corrected chi connectivity index (χ1v) is 9.71. The average molecular weight is 366 g/mol. The Morgan fingerprint density at radius 3 is 2.89 bits per heavy atom. The fourth-order valence-electron chi connectivity index (χ4n) is 3.64. The molecule has 1 fully saturated rings. The molecule has 0 radical (unpaired) electrons. The lowest BCUT2D eigenvalue weighted by Crippen LogP contribution is -2.37. The summed E-state index contributed by atoms with van der Waals surface area (Å²) in [5.41, 5.74) is 0.930. The van der Waals surface area contributed by atoms with Gasteiger partial charge in [-0.15, -0.1) is 0 Å². The van der Waals surface area contributed by atoms with Crippen LogP contribution in [0.2, 0.25) is 0 Å². The van der Waals surface area contributed by atoms with Crippen molar-refractivity contribution < 1.29 is 9.90 Å². The van der Waals surface area contributed by atoms with Gasteiger partial charge in [-0.25, -0.2) is 9.48 Å². The Hall–Kier alpha value is -2.76. The van der Waals surface area contributed by atoms with Crippen molar-refractivity contribution in [2.45, 2.75) is 51.2 Å². The van der Waals surface area contributed by atoms with Gasteiger partial charge in [-0.05, 0) is 55.7 Å². The number of urea groups is 1. The molecule has 142 valence electrons. The number of benzene rings is 1. The molecule has 0 spiro atoms. The highest BCUT2D eigenvalue weighted by molar-refractivity contribution is 5.88. The van der Waals surface area contributed by atoms with Crippen LogP contribution in [0.5, 0.6) is 5.75 Å². The minimum atomic E-state index is -0.105. The van der Waals surface area contributed by atoms with Gasteiger partial charge in [-0.1, -0.05) is 24.3 Å². The van der Waals surface area contributed by atoms with Gasteiger partial charge in [0, 0.05) is 25.2 Å². The van der Waals surface area contributed by atoms with Gasteiger partial charge in [0.1, 0.15) is 11.6 Å². The summed E-state index contributed by atoms with van der Waals surface area (Å²) in [4.78, 5) is 14.8. The van der Waals surface area contributed by atoms with Crippen molar-refractivity contribution >= 4 is 11.8 Å². The second kappa shape index (κ2) is 7.86. The van der Waals surface area contributed by atoms with Gasteiger partial charge in [0.05, 0.1) is 6.20 Å². The summed E-state index contributed by atoms with van der Waals surface area (Å²) in [6.07, 6.45) is 11.6. The van der Waals surface area contributed by atoms with Crippen LogP contribution in [0.3, 0.4) is 0 Å². The van der Waals surface area contributed by atoms with Crippen LogP contribution in [0.4, 0.5) is 10.6 Å². The summed E-state index contributed by atoms with van der Waals surface area (Å²) in [5.74, 6) is 1.54. The van der Waals surface area contributed by atoms with E-state index >= 15 is 0 Å². The normalized spacial score (nSPS) is 19.0. The number of phenols is 1. The number of aromatic nitrogens is 2. The Bertz CT molecular complexity index is 825. The van der Waals surface area contributed by atoms with Crippen LogP contribution in [0.15, 0.2) is 48.7 Å². The number of nitrogens with one attached hydrogen (secondary N) is 1. The molecule has 0 bridgehead atoms. The molecule has 0 aliphatic heterocycles. The molecular formula is C21H26N4O2. The number of anilines is 1. The summed E-state index contributed by atoms with van der Waals surface area (Å²) in [6, 6.07) is 9.12. The van der Waals surface area contributed by atoms with Gasteiger partial charge in [0.15, 0.2) is 0 Å². The van der Waals surface area contributed by atoms with Gasteiger partial charge in [-0.3, -0.25) is 5.32 Å². The largest absolute Gasteiger partial charge is 0.508 e. The predicted octanol–water partition coefficient (Wildman–Crippen LogP) is 4.14. The molecular weight excluding hydrogens is 340 g/mol. The molecule has 1 atom stereocenters. The molecule has 6 heteroatoms. The number of allylic oxidation sites excluding steroid dienone is 2. The number of hydrogen-bond acceptors (Lipinski definition) is 3. The van der Waals surface area contributed by atoms with E-state index in [4.69, 9.17) is 0 Å². The lowest BCUT2D eigenvalue weighted by molar-refractivity contribution is 0.205. The minimum absolute atomic E-state index is 0.105. The molecule has 2 aliphatic rings. The number of phenolic OH excluding ortho intramolecular Hbond substituents is 1. The van der Waals surface area contributed by atoms with E-state index in [2.05, 4.69) is 22.6 Å². The van der Waals surface area contributed by atoms with Crippen molar-refractivity contribution in [1.29, 1.82) is 0 Å². The Morgan fingerprint density at radius 1 is 1.26 bits per heavy atom. The summed E-state index contributed by atoms with van der Waals surface area (Å²) < 4.78 is 1.90. The van der Waals surface area contributed by atoms with E-state index in [0.717, 1.165) is 50.0 Å². The second-order valence-corrected chi connectivity index (χ2v) is 7.51. The molecule has 6 nitrogen and oxygen atoms in total. The molecule has 2 N–H and O–H groups in total. The Balaban J connectivity index is 1.42. The topological polar surface area (TPSA) is 70.4 Å². The summed E-state index contributed by atoms with van der Waals surface area (Å²) in [5, 5.41) is 17.1. The van der Waals surface area contributed by atoms with Gasteiger partial charge in [-0.2, -0.15) is 5.10 Å². The van der Waals surface area contributed by atoms with E-state index in [1.807, 2.05) is 21.7 Å². The molecule has 1 aromatic carbocycles. The molecule has 27 heavy (non-hydrogen) atoms. The Labute approximate surface area is 159 Å². The molecule has 2 amide bonds. The summed E-state index contributed by atoms with van der Waals surface area (Å²) in [7, 11) is 0. The number of carbonyl (C=O) groups excluding carboxylic acids is 1. The highest BCUT2D eigenvalue weighted by Crippen LogP contribution is 2.30. The van der Waals surface area contributed by atoms with Gasteiger partial charge >= 0.3 is 6.03 Å². The van der Waals surface area contributed by atoms with E-state index in [0.29, 0.717) is 12.5 Å². The zero-order valence-electron chi connectivity index (χ0n) is 15.4. The fraction of sp³-hybridized carbons (Fsp3) is 0.429. The van der Waals surface area contributed by atoms with Crippen molar-refractivity contribution in [3.63, 3.8) is 0 Å². The molecule has 2 aromatic rings. The Kier molecular flexibility index (Phi) is 5.14. The first-order valence-electron chi connectivity index (χ1n) is 9.71. The van der Waals surface area contributed by atoms with E-state index < -0.39 is 0 Å². The van der Waals surface area contributed by atoms with Crippen LogP contribution in [0.1, 0.15) is 37.7 Å². The smallest absolute Gasteiger partial charge is 0.323 e. The summed E-state index contributed by atoms with van der Waals surface area (Å²) >= 11 is 0. The van der Waals surface area contributed by atoms with E-state index in [1.54, 1.807) is 24.4 Å². The highest BCUT2D eigenvalue weighted by atomic mass is 16.3. The van der Waals surface area contributed by atoms with Crippen LogP contribution >= 0.6 is 0 Å². The molecule has 1 aromatic heterocycles.